The summed E-state index contributed by atoms with van der Waals surface area (Å²) in [7, 11) is 1.31. The maximum atomic E-state index is 12.0. The largest absolute Gasteiger partial charge is 0.469 e. The number of methoxy groups -OCH3 is 1. The molecule has 2 rings (SSSR count). The molecule has 2 aromatic rings. The average Bonchev–Trinajstić information content (AvgIpc) is 2.96. The molecule has 5 nitrogen and oxygen atoms in total. The van der Waals surface area contributed by atoms with Gasteiger partial charge in [0.1, 0.15) is 16.9 Å². The van der Waals surface area contributed by atoms with Crippen LogP contribution in [0.2, 0.25) is 0 Å². The van der Waals surface area contributed by atoms with Gasteiger partial charge in [0.15, 0.2) is 0 Å². The van der Waals surface area contributed by atoms with Crippen molar-refractivity contribution in [2.75, 3.05) is 12.4 Å². The van der Waals surface area contributed by atoms with Gasteiger partial charge < -0.3 is 14.5 Å². The number of ether oxygens (including phenoxy) is 1. The van der Waals surface area contributed by atoms with Crippen LogP contribution in [0.25, 0.3) is 0 Å². The van der Waals surface area contributed by atoms with Crippen molar-refractivity contribution in [1.82, 2.24) is 0 Å². The molecule has 0 radical (unpaired) electrons. The van der Waals surface area contributed by atoms with E-state index in [9.17, 15) is 9.59 Å². The molecule has 0 saturated heterocycles. The zero-order chi connectivity index (χ0) is 14.0. The SMILES string of the molecule is COC(=O)c1scc(C)c1NC(=O)c1coc(C)c1. The Morgan fingerprint density at radius 1 is 1.37 bits per heavy atom. The lowest BCUT2D eigenvalue weighted by molar-refractivity contribution is 0.0607. The first kappa shape index (κ1) is 13.4. The van der Waals surface area contributed by atoms with Gasteiger partial charge in [-0.25, -0.2) is 4.79 Å². The van der Waals surface area contributed by atoms with Gasteiger partial charge in [-0.3, -0.25) is 4.79 Å². The Labute approximate surface area is 114 Å². The van der Waals surface area contributed by atoms with Gasteiger partial charge >= 0.3 is 5.97 Å². The van der Waals surface area contributed by atoms with Crippen LogP contribution in [0, 0.1) is 13.8 Å². The third-order valence-electron chi connectivity index (χ3n) is 2.58. The van der Waals surface area contributed by atoms with Crippen LogP contribution in [0.3, 0.4) is 0 Å². The second-order valence-electron chi connectivity index (χ2n) is 4.01. The molecule has 100 valence electrons. The molecule has 0 fully saturated rings. The lowest BCUT2D eigenvalue weighted by Crippen LogP contribution is -2.14. The van der Waals surface area contributed by atoms with Gasteiger partial charge in [-0.15, -0.1) is 11.3 Å². The number of nitrogens with one attached hydrogen (secondary N) is 1. The van der Waals surface area contributed by atoms with Gasteiger partial charge in [0.05, 0.1) is 18.4 Å². The molecule has 0 aliphatic carbocycles. The van der Waals surface area contributed by atoms with Crippen LogP contribution in [-0.4, -0.2) is 19.0 Å². The van der Waals surface area contributed by atoms with Crippen molar-refractivity contribution in [1.29, 1.82) is 0 Å². The lowest BCUT2D eigenvalue weighted by Gasteiger charge is -2.05. The number of furan rings is 1. The van der Waals surface area contributed by atoms with E-state index in [-0.39, 0.29) is 5.91 Å². The molecular formula is C13H13NO4S. The summed E-state index contributed by atoms with van der Waals surface area (Å²) >= 11 is 1.24. The minimum Gasteiger partial charge on any atom is -0.469 e. The number of aryl methyl sites for hydroxylation is 2. The van der Waals surface area contributed by atoms with Crippen molar-refractivity contribution in [3.63, 3.8) is 0 Å². The van der Waals surface area contributed by atoms with Crippen molar-refractivity contribution in [3.8, 4) is 0 Å². The second kappa shape index (κ2) is 5.27. The van der Waals surface area contributed by atoms with Gasteiger partial charge in [0, 0.05) is 0 Å². The molecule has 2 heterocycles. The van der Waals surface area contributed by atoms with E-state index >= 15 is 0 Å². The molecular weight excluding hydrogens is 266 g/mol. The third-order valence-corrected chi connectivity index (χ3v) is 3.65. The van der Waals surface area contributed by atoms with Crippen LogP contribution >= 0.6 is 11.3 Å². The fraction of sp³-hybridized carbons (Fsp3) is 0.231. The maximum Gasteiger partial charge on any atom is 0.350 e. The highest BCUT2D eigenvalue weighted by molar-refractivity contribution is 7.12. The first-order valence-electron chi connectivity index (χ1n) is 5.55. The molecule has 1 N–H and O–H groups in total. The summed E-state index contributed by atoms with van der Waals surface area (Å²) in [5.74, 6) is -0.124. The van der Waals surface area contributed by atoms with Crippen molar-refractivity contribution < 1.29 is 18.7 Å². The normalized spacial score (nSPS) is 10.3. The van der Waals surface area contributed by atoms with E-state index in [0.29, 0.717) is 21.9 Å². The molecule has 0 unspecified atom stereocenters. The number of anilines is 1. The molecule has 0 bridgehead atoms. The molecule has 6 heteroatoms. The van der Waals surface area contributed by atoms with Gasteiger partial charge in [-0.2, -0.15) is 0 Å². The van der Waals surface area contributed by atoms with E-state index in [1.807, 2.05) is 6.92 Å². The minimum absolute atomic E-state index is 0.316. The first-order valence-corrected chi connectivity index (χ1v) is 6.43. The summed E-state index contributed by atoms with van der Waals surface area (Å²) in [5, 5.41) is 4.51. The number of hydrogen-bond acceptors (Lipinski definition) is 5. The maximum absolute atomic E-state index is 12.0. The number of carbonyl (C=O) groups is 2. The molecule has 0 atom stereocenters. The quantitative estimate of drug-likeness (QED) is 0.877. The van der Waals surface area contributed by atoms with Crippen LogP contribution in [0.15, 0.2) is 22.1 Å². The highest BCUT2D eigenvalue weighted by atomic mass is 32.1. The smallest absolute Gasteiger partial charge is 0.350 e. The van der Waals surface area contributed by atoms with E-state index < -0.39 is 5.97 Å². The zero-order valence-corrected chi connectivity index (χ0v) is 11.6. The highest BCUT2D eigenvalue weighted by Gasteiger charge is 2.19. The third kappa shape index (κ3) is 2.68. The summed E-state index contributed by atoms with van der Waals surface area (Å²) in [6, 6.07) is 1.63. The van der Waals surface area contributed by atoms with Crippen LogP contribution < -0.4 is 5.32 Å². The number of hydrogen-bond donors (Lipinski definition) is 1. The molecule has 19 heavy (non-hydrogen) atoms. The van der Waals surface area contributed by atoms with Crippen molar-refractivity contribution in [3.05, 3.63) is 39.5 Å². The van der Waals surface area contributed by atoms with Crippen LogP contribution in [0.1, 0.15) is 31.4 Å². The Kier molecular flexibility index (Phi) is 3.71. The molecule has 0 aliphatic heterocycles. The molecule has 0 spiro atoms. The van der Waals surface area contributed by atoms with Crippen molar-refractivity contribution >= 4 is 28.9 Å². The standard InChI is InChI=1S/C13H13NO4S/c1-7-6-19-11(13(16)17-3)10(7)14-12(15)9-4-8(2)18-5-9/h4-6H,1-3H3,(H,14,15). The van der Waals surface area contributed by atoms with E-state index in [1.54, 1.807) is 18.4 Å². The molecule has 0 aromatic carbocycles. The van der Waals surface area contributed by atoms with Gasteiger partial charge in [-0.1, -0.05) is 0 Å². The number of thiophene rings is 1. The Bertz CT molecular complexity index is 626. The van der Waals surface area contributed by atoms with E-state index in [1.165, 1.54) is 24.7 Å². The lowest BCUT2D eigenvalue weighted by atomic mass is 10.2. The van der Waals surface area contributed by atoms with Crippen molar-refractivity contribution in [2.24, 2.45) is 0 Å². The van der Waals surface area contributed by atoms with Crippen molar-refractivity contribution in [2.45, 2.75) is 13.8 Å². The Balaban J connectivity index is 2.26. The van der Waals surface area contributed by atoms with Crippen LogP contribution in [0.5, 0.6) is 0 Å². The molecule has 2 aromatic heterocycles. The number of esters is 1. The van der Waals surface area contributed by atoms with Gasteiger partial charge in [-0.05, 0) is 30.9 Å². The van der Waals surface area contributed by atoms with Gasteiger partial charge in [0.2, 0.25) is 0 Å². The number of rotatable bonds is 3. The van der Waals surface area contributed by atoms with Gasteiger partial charge in [0.25, 0.3) is 5.91 Å². The Morgan fingerprint density at radius 3 is 2.68 bits per heavy atom. The highest BCUT2D eigenvalue weighted by Crippen LogP contribution is 2.28. The average molecular weight is 279 g/mol. The zero-order valence-electron chi connectivity index (χ0n) is 10.8. The fourth-order valence-corrected chi connectivity index (χ4v) is 2.51. The summed E-state index contributed by atoms with van der Waals surface area (Å²) in [4.78, 5) is 24.0. The van der Waals surface area contributed by atoms with E-state index in [4.69, 9.17) is 4.42 Å². The number of carbonyl (C=O) groups excluding carboxylic acids is 2. The molecule has 0 aliphatic rings. The topological polar surface area (TPSA) is 68.5 Å². The first-order chi connectivity index (χ1) is 9.02. The number of amides is 1. The Hall–Kier alpha value is -2.08. The fourth-order valence-electron chi connectivity index (χ4n) is 1.59. The van der Waals surface area contributed by atoms with Crippen LogP contribution in [0.4, 0.5) is 5.69 Å². The summed E-state index contributed by atoms with van der Waals surface area (Å²) in [5.41, 5.74) is 1.72. The molecule has 0 saturated carbocycles. The molecule has 1 amide bonds. The Morgan fingerprint density at radius 2 is 2.11 bits per heavy atom. The summed E-state index contributed by atoms with van der Waals surface area (Å²) in [6.07, 6.45) is 1.38. The van der Waals surface area contributed by atoms with E-state index in [0.717, 1.165) is 5.56 Å². The van der Waals surface area contributed by atoms with E-state index in [2.05, 4.69) is 10.1 Å². The van der Waals surface area contributed by atoms with Crippen LogP contribution in [-0.2, 0) is 4.74 Å². The monoisotopic (exact) mass is 279 g/mol. The predicted octanol–water partition coefficient (Wildman–Crippen LogP) is 3.00. The summed E-state index contributed by atoms with van der Waals surface area (Å²) in [6.45, 7) is 3.58. The minimum atomic E-state index is -0.461. The predicted molar refractivity (Wildman–Crippen MR) is 71.8 cm³/mol. The second-order valence-corrected chi connectivity index (χ2v) is 4.89. The summed E-state index contributed by atoms with van der Waals surface area (Å²) < 4.78 is 9.77.